The van der Waals surface area contributed by atoms with Gasteiger partial charge in [0, 0.05) is 18.8 Å². The molecule has 0 radical (unpaired) electrons. The van der Waals surface area contributed by atoms with E-state index in [1.54, 1.807) is 18.2 Å². The number of hydrogen-bond donors (Lipinski definition) is 3. The molecule has 0 saturated heterocycles. The van der Waals surface area contributed by atoms with Gasteiger partial charge in [-0.05, 0) is 18.2 Å². The number of anilines is 1. The molecule has 0 atom stereocenters. The minimum atomic E-state index is -0.346. The zero-order chi connectivity index (χ0) is 13.1. The molecule has 0 aliphatic carbocycles. The van der Waals surface area contributed by atoms with Crippen LogP contribution in [0.3, 0.4) is 0 Å². The van der Waals surface area contributed by atoms with Gasteiger partial charge in [-0.1, -0.05) is 6.07 Å². The van der Waals surface area contributed by atoms with Crippen LogP contribution in [0.5, 0.6) is 0 Å². The molecule has 2 aromatic heterocycles. The molecule has 0 saturated carbocycles. The summed E-state index contributed by atoms with van der Waals surface area (Å²) in [6, 6.07) is 6.58. The van der Waals surface area contributed by atoms with Crippen LogP contribution in [0.2, 0.25) is 0 Å². The molecular formula is C12H12N4O2. The van der Waals surface area contributed by atoms with Crippen molar-refractivity contribution in [3.8, 4) is 11.3 Å². The van der Waals surface area contributed by atoms with E-state index in [9.17, 15) is 9.59 Å². The van der Waals surface area contributed by atoms with Gasteiger partial charge in [0.1, 0.15) is 5.69 Å². The summed E-state index contributed by atoms with van der Waals surface area (Å²) in [6.45, 7) is 0. The van der Waals surface area contributed by atoms with E-state index in [4.69, 9.17) is 5.73 Å². The number of nitrogens with two attached hydrogens (primary N) is 1. The van der Waals surface area contributed by atoms with E-state index in [1.165, 1.54) is 19.3 Å². The van der Waals surface area contributed by atoms with Gasteiger partial charge < -0.3 is 16.0 Å². The van der Waals surface area contributed by atoms with Crippen LogP contribution in [0.25, 0.3) is 11.3 Å². The number of carbonyl (C=O) groups excluding carboxylic acids is 1. The average Bonchev–Trinajstić information content (AvgIpc) is 2.41. The van der Waals surface area contributed by atoms with Crippen molar-refractivity contribution in [3.05, 3.63) is 46.5 Å². The zero-order valence-corrected chi connectivity index (χ0v) is 9.73. The molecule has 0 unspecified atom stereocenters. The van der Waals surface area contributed by atoms with Crippen LogP contribution in [0, 0.1) is 0 Å². The maximum Gasteiger partial charge on any atom is 0.271 e. The molecule has 2 heterocycles. The second-order valence-corrected chi connectivity index (χ2v) is 3.66. The highest BCUT2D eigenvalue weighted by Gasteiger charge is 2.07. The second-order valence-electron chi connectivity index (χ2n) is 3.66. The molecule has 2 rings (SSSR count). The molecule has 0 spiro atoms. The number of nitrogens with one attached hydrogen (secondary N) is 2. The van der Waals surface area contributed by atoms with E-state index < -0.39 is 0 Å². The van der Waals surface area contributed by atoms with Crippen LogP contribution >= 0.6 is 0 Å². The number of aromatic amines is 1. The number of nitrogens with zero attached hydrogens (tertiary/aromatic N) is 1. The molecule has 0 aromatic carbocycles. The van der Waals surface area contributed by atoms with E-state index >= 15 is 0 Å². The van der Waals surface area contributed by atoms with Crippen LogP contribution in [-0.4, -0.2) is 22.9 Å². The van der Waals surface area contributed by atoms with Crippen molar-refractivity contribution in [1.82, 2.24) is 15.3 Å². The van der Waals surface area contributed by atoms with Crippen molar-refractivity contribution in [2.24, 2.45) is 0 Å². The highest BCUT2D eigenvalue weighted by molar-refractivity contribution is 5.92. The van der Waals surface area contributed by atoms with Crippen LogP contribution in [0.4, 0.5) is 5.69 Å². The van der Waals surface area contributed by atoms with Gasteiger partial charge in [0.15, 0.2) is 0 Å². The van der Waals surface area contributed by atoms with E-state index in [1.807, 2.05) is 0 Å². The number of amides is 1. The van der Waals surface area contributed by atoms with Gasteiger partial charge in [-0.3, -0.25) is 9.59 Å². The fourth-order valence-electron chi connectivity index (χ4n) is 1.50. The Morgan fingerprint density at radius 3 is 2.89 bits per heavy atom. The number of hydrogen-bond acceptors (Lipinski definition) is 4. The van der Waals surface area contributed by atoms with E-state index in [-0.39, 0.29) is 17.2 Å². The molecule has 0 bridgehead atoms. The third kappa shape index (κ3) is 2.22. The van der Waals surface area contributed by atoms with Gasteiger partial charge in [0.05, 0.1) is 11.4 Å². The van der Waals surface area contributed by atoms with Gasteiger partial charge in [-0.15, -0.1) is 0 Å². The molecule has 4 N–H and O–H groups in total. The predicted molar refractivity (Wildman–Crippen MR) is 68.1 cm³/mol. The SMILES string of the molecule is CNC(=O)c1cccc(-c2c[nH]c(=O)c(N)c2)n1. The molecule has 18 heavy (non-hydrogen) atoms. The first-order valence-electron chi connectivity index (χ1n) is 5.29. The second kappa shape index (κ2) is 4.70. The lowest BCUT2D eigenvalue weighted by Gasteiger charge is -2.04. The van der Waals surface area contributed by atoms with Gasteiger partial charge in [0.25, 0.3) is 11.5 Å². The number of pyridine rings is 2. The summed E-state index contributed by atoms with van der Waals surface area (Å²) in [5, 5.41) is 2.50. The Morgan fingerprint density at radius 1 is 1.44 bits per heavy atom. The van der Waals surface area contributed by atoms with Gasteiger partial charge in [-0.25, -0.2) is 4.98 Å². The van der Waals surface area contributed by atoms with Crippen LogP contribution < -0.4 is 16.6 Å². The maximum atomic E-state index is 11.5. The van der Waals surface area contributed by atoms with Crippen LogP contribution in [-0.2, 0) is 0 Å². The summed E-state index contributed by atoms with van der Waals surface area (Å²) < 4.78 is 0. The summed E-state index contributed by atoms with van der Waals surface area (Å²) in [4.78, 5) is 29.3. The highest BCUT2D eigenvalue weighted by atomic mass is 16.1. The van der Waals surface area contributed by atoms with Crippen molar-refractivity contribution in [1.29, 1.82) is 0 Å². The molecule has 0 aliphatic heterocycles. The molecule has 92 valence electrons. The Balaban J connectivity index is 2.47. The minimum absolute atomic E-state index is 0.111. The predicted octanol–water partition coefficient (Wildman–Crippen LogP) is 0.379. The minimum Gasteiger partial charge on any atom is -0.394 e. The smallest absolute Gasteiger partial charge is 0.271 e. The lowest BCUT2D eigenvalue weighted by atomic mass is 10.1. The van der Waals surface area contributed by atoms with Gasteiger partial charge in [0.2, 0.25) is 0 Å². The molecule has 1 amide bonds. The monoisotopic (exact) mass is 244 g/mol. The van der Waals surface area contributed by atoms with Crippen LogP contribution in [0.1, 0.15) is 10.5 Å². The molecule has 6 nitrogen and oxygen atoms in total. The standard InChI is InChI=1S/C12H12N4O2/c1-14-12(18)10-4-2-3-9(16-10)7-5-8(13)11(17)15-6-7/h2-6H,13H2,1H3,(H,14,18)(H,15,17). The van der Waals surface area contributed by atoms with Crippen LogP contribution in [0.15, 0.2) is 35.3 Å². The van der Waals surface area contributed by atoms with E-state index in [0.29, 0.717) is 17.0 Å². The zero-order valence-electron chi connectivity index (χ0n) is 9.73. The summed E-state index contributed by atoms with van der Waals surface area (Å²) >= 11 is 0. The normalized spacial score (nSPS) is 10.1. The van der Waals surface area contributed by atoms with Crippen molar-refractivity contribution < 1.29 is 4.79 Å². The molecule has 0 aliphatic rings. The maximum absolute atomic E-state index is 11.5. The first-order chi connectivity index (χ1) is 8.61. The van der Waals surface area contributed by atoms with Gasteiger partial charge >= 0.3 is 0 Å². The molecule has 0 fully saturated rings. The number of H-pyrrole nitrogens is 1. The lowest BCUT2D eigenvalue weighted by Crippen LogP contribution is -2.19. The van der Waals surface area contributed by atoms with Crippen molar-refractivity contribution >= 4 is 11.6 Å². The topological polar surface area (TPSA) is 101 Å². The fraction of sp³-hybridized carbons (Fsp3) is 0.0833. The molecular weight excluding hydrogens is 232 g/mol. The summed E-state index contributed by atoms with van der Waals surface area (Å²) in [6.07, 6.45) is 1.51. The number of rotatable bonds is 2. The number of carbonyl (C=O) groups is 1. The van der Waals surface area contributed by atoms with Crippen molar-refractivity contribution in [2.45, 2.75) is 0 Å². The van der Waals surface area contributed by atoms with Gasteiger partial charge in [-0.2, -0.15) is 0 Å². The van der Waals surface area contributed by atoms with E-state index in [2.05, 4.69) is 15.3 Å². The highest BCUT2D eigenvalue weighted by Crippen LogP contribution is 2.16. The third-order valence-electron chi connectivity index (χ3n) is 2.44. The van der Waals surface area contributed by atoms with E-state index in [0.717, 1.165) is 0 Å². The Hall–Kier alpha value is -2.63. The summed E-state index contributed by atoms with van der Waals surface area (Å²) in [5.41, 5.74) is 6.82. The number of aromatic nitrogens is 2. The summed E-state index contributed by atoms with van der Waals surface area (Å²) in [5.74, 6) is -0.269. The summed E-state index contributed by atoms with van der Waals surface area (Å²) in [7, 11) is 1.54. The Bertz CT molecular complexity index is 649. The fourth-order valence-corrected chi connectivity index (χ4v) is 1.50. The number of nitrogen functional groups attached to an aromatic ring is 1. The molecule has 2 aromatic rings. The largest absolute Gasteiger partial charge is 0.394 e. The lowest BCUT2D eigenvalue weighted by molar-refractivity contribution is 0.0958. The Morgan fingerprint density at radius 2 is 2.22 bits per heavy atom. The van der Waals surface area contributed by atoms with Crippen molar-refractivity contribution in [2.75, 3.05) is 12.8 Å². The Kier molecular flexibility index (Phi) is 3.09. The molecule has 6 heteroatoms. The quantitative estimate of drug-likeness (QED) is 0.710. The van der Waals surface area contributed by atoms with Crippen molar-refractivity contribution in [3.63, 3.8) is 0 Å². The first kappa shape index (κ1) is 11.8. The average molecular weight is 244 g/mol. The third-order valence-corrected chi connectivity index (χ3v) is 2.44. The first-order valence-corrected chi connectivity index (χ1v) is 5.29. The Labute approximate surface area is 103 Å².